The van der Waals surface area contributed by atoms with Crippen LogP contribution in [0.5, 0.6) is 5.75 Å². The van der Waals surface area contributed by atoms with Crippen LogP contribution in [0.15, 0.2) is 42.5 Å². The third kappa shape index (κ3) is 4.87. The highest BCUT2D eigenvalue weighted by atomic mass is 32.2. The normalized spacial score (nSPS) is 17.8. The molecule has 0 radical (unpaired) electrons. The van der Waals surface area contributed by atoms with Crippen molar-refractivity contribution in [2.24, 2.45) is 0 Å². The molecule has 0 saturated heterocycles. The number of benzene rings is 2. The Morgan fingerprint density at radius 3 is 2.62 bits per heavy atom. The summed E-state index contributed by atoms with van der Waals surface area (Å²) in [7, 11) is -3.86. The van der Waals surface area contributed by atoms with Crippen LogP contribution in [0.3, 0.4) is 0 Å². The fourth-order valence-corrected chi connectivity index (χ4v) is 4.37. The Labute approximate surface area is 170 Å². The molecule has 0 aromatic heterocycles. The van der Waals surface area contributed by atoms with Gasteiger partial charge in [0.15, 0.2) is 0 Å². The maximum Gasteiger partial charge on any atom is 0.241 e. The minimum atomic E-state index is -3.86. The number of rotatable bonds is 5. The van der Waals surface area contributed by atoms with E-state index >= 15 is 0 Å². The van der Waals surface area contributed by atoms with E-state index in [-0.39, 0.29) is 11.7 Å². The first-order valence-electron chi connectivity index (χ1n) is 9.27. The van der Waals surface area contributed by atoms with Gasteiger partial charge in [0.1, 0.15) is 23.7 Å². The SMILES string of the molecule is Cc1ccc2c(c1)C(NC(=O)CN(c1ccccc1F)S(C)(=O)=O)CC(C)(C)O2. The number of para-hydroxylation sites is 1. The maximum absolute atomic E-state index is 14.2. The first kappa shape index (κ1) is 21.1. The van der Waals surface area contributed by atoms with E-state index in [1.165, 1.54) is 18.2 Å². The van der Waals surface area contributed by atoms with Crippen molar-refractivity contribution in [2.45, 2.75) is 38.8 Å². The molecule has 1 aliphatic rings. The minimum Gasteiger partial charge on any atom is -0.487 e. The third-order valence-corrected chi connectivity index (χ3v) is 5.89. The third-order valence-electron chi connectivity index (χ3n) is 4.77. The highest BCUT2D eigenvalue weighted by Gasteiger charge is 2.35. The van der Waals surface area contributed by atoms with Gasteiger partial charge in [0.05, 0.1) is 18.0 Å². The summed E-state index contributed by atoms with van der Waals surface area (Å²) in [5, 5.41) is 2.90. The largest absolute Gasteiger partial charge is 0.487 e. The van der Waals surface area contributed by atoms with Gasteiger partial charge in [-0.05, 0) is 39.0 Å². The number of hydrogen-bond donors (Lipinski definition) is 1. The van der Waals surface area contributed by atoms with Gasteiger partial charge in [-0.15, -0.1) is 0 Å². The number of halogens is 1. The molecular weight excluding hydrogens is 395 g/mol. The Kier molecular flexibility index (Phi) is 5.58. The van der Waals surface area contributed by atoms with Crippen LogP contribution in [0.25, 0.3) is 0 Å². The number of hydrogen-bond acceptors (Lipinski definition) is 4. The number of fused-ring (bicyclic) bond motifs is 1. The Morgan fingerprint density at radius 2 is 1.97 bits per heavy atom. The van der Waals surface area contributed by atoms with Crippen LogP contribution in [0.1, 0.15) is 37.4 Å². The van der Waals surface area contributed by atoms with Gasteiger partial charge >= 0.3 is 0 Å². The smallest absolute Gasteiger partial charge is 0.241 e. The second-order valence-corrected chi connectivity index (χ2v) is 9.86. The van der Waals surface area contributed by atoms with Crippen LogP contribution in [0.4, 0.5) is 10.1 Å². The molecule has 2 aromatic rings. The van der Waals surface area contributed by atoms with Crippen molar-refractivity contribution >= 4 is 21.6 Å². The van der Waals surface area contributed by atoms with Crippen LogP contribution in [-0.4, -0.2) is 32.7 Å². The zero-order chi connectivity index (χ0) is 21.4. The van der Waals surface area contributed by atoms with Crippen molar-refractivity contribution in [3.63, 3.8) is 0 Å². The molecule has 0 bridgehead atoms. The van der Waals surface area contributed by atoms with E-state index < -0.39 is 33.9 Å². The van der Waals surface area contributed by atoms with Gasteiger partial charge in [-0.3, -0.25) is 9.10 Å². The van der Waals surface area contributed by atoms with Gasteiger partial charge < -0.3 is 10.1 Å². The van der Waals surface area contributed by atoms with Crippen molar-refractivity contribution in [2.75, 3.05) is 17.1 Å². The molecule has 2 aromatic carbocycles. The monoisotopic (exact) mass is 420 g/mol. The molecule has 1 aliphatic heterocycles. The number of ether oxygens (including phenoxy) is 1. The van der Waals surface area contributed by atoms with E-state index in [4.69, 9.17) is 4.74 Å². The zero-order valence-electron chi connectivity index (χ0n) is 16.9. The van der Waals surface area contributed by atoms with Crippen LogP contribution in [-0.2, 0) is 14.8 Å². The Morgan fingerprint density at radius 1 is 1.28 bits per heavy atom. The molecule has 0 aliphatic carbocycles. The number of carbonyl (C=O) groups is 1. The predicted molar refractivity (Wildman–Crippen MR) is 110 cm³/mol. The molecule has 1 N–H and O–H groups in total. The molecule has 1 amide bonds. The summed E-state index contributed by atoms with van der Waals surface area (Å²) in [6.45, 7) is 5.29. The van der Waals surface area contributed by atoms with Crippen molar-refractivity contribution in [3.8, 4) is 5.75 Å². The van der Waals surface area contributed by atoms with Crippen LogP contribution in [0.2, 0.25) is 0 Å². The lowest BCUT2D eigenvalue weighted by Gasteiger charge is -2.38. The first-order chi connectivity index (χ1) is 13.5. The summed E-state index contributed by atoms with van der Waals surface area (Å²) in [5.41, 5.74) is 1.21. The van der Waals surface area contributed by atoms with E-state index in [2.05, 4.69) is 5.32 Å². The number of sulfonamides is 1. The number of carbonyl (C=O) groups excluding carboxylic acids is 1. The molecule has 1 unspecified atom stereocenters. The lowest BCUT2D eigenvalue weighted by Crippen LogP contribution is -2.45. The van der Waals surface area contributed by atoms with Crippen molar-refractivity contribution < 1.29 is 22.3 Å². The zero-order valence-corrected chi connectivity index (χ0v) is 17.7. The Balaban J connectivity index is 1.86. The van der Waals surface area contributed by atoms with Gasteiger partial charge in [0.2, 0.25) is 15.9 Å². The van der Waals surface area contributed by atoms with E-state index in [9.17, 15) is 17.6 Å². The molecule has 29 heavy (non-hydrogen) atoms. The lowest BCUT2D eigenvalue weighted by atomic mass is 9.89. The second kappa shape index (κ2) is 7.67. The molecule has 1 atom stereocenters. The molecule has 1 heterocycles. The maximum atomic E-state index is 14.2. The van der Waals surface area contributed by atoms with E-state index in [0.717, 1.165) is 27.8 Å². The topological polar surface area (TPSA) is 75.7 Å². The molecule has 156 valence electrons. The standard InChI is InChI=1S/C21H25FN2O4S/c1-14-9-10-19-15(11-14)17(12-21(2,3)28-19)23-20(25)13-24(29(4,26)27)18-8-6-5-7-16(18)22/h5-11,17H,12-13H2,1-4H3,(H,23,25). The van der Waals surface area contributed by atoms with Crippen LogP contribution >= 0.6 is 0 Å². The average molecular weight is 421 g/mol. The minimum absolute atomic E-state index is 0.159. The molecular formula is C21H25FN2O4S. The number of anilines is 1. The summed E-state index contributed by atoms with van der Waals surface area (Å²) in [5.74, 6) is -0.543. The quantitative estimate of drug-likeness (QED) is 0.805. The number of amides is 1. The number of nitrogens with zero attached hydrogens (tertiary/aromatic N) is 1. The predicted octanol–water partition coefficient (Wildman–Crippen LogP) is 3.32. The van der Waals surface area contributed by atoms with Crippen molar-refractivity contribution in [1.82, 2.24) is 5.32 Å². The molecule has 0 spiro atoms. The molecule has 8 heteroatoms. The van der Waals surface area contributed by atoms with Crippen LogP contribution < -0.4 is 14.4 Å². The summed E-state index contributed by atoms with van der Waals surface area (Å²) in [4.78, 5) is 12.8. The Bertz CT molecular complexity index is 1040. The second-order valence-electron chi connectivity index (χ2n) is 7.95. The summed E-state index contributed by atoms with van der Waals surface area (Å²) >= 11 is 0. The van der Waals surface area contributed by atoms with Gasteiger partial charge in [-0.2, -0.15) is 0 Å². The highest BCUT2D eigenvalue weighted by Crippen LogP contribution is 2.39. The van der Waals surface area contributed by atoms with Crippen LogP contribution in [0, 0.1) is 12.7 Å². The molecule has 0 saturated carbocycles. The Hall–Kier alpha value is -2.61. The van der Waals surface area contributed by atoms with E-state index in [1.54, 1.807) is 0 Å². The summed E-state index contributed by atoms with van der Waals surface area (Å²) in [6.07, 6.45) is 1.47. The first-order valence-corrected chi connectivity index (χ1v) is 11.1. The van der Waals surface area contributed by atoms with Gasteiger partial charge in [-0.25, -0.2) is 12.8 Å². The van der Waals surface area contributed by atoms with E-state index in [0.29, 0.717) is 12.2 Å². The molecule has 6 nitrogen and oxygen atoms in total. The fraction of sp³-hybridized carbons (Fsp3) is 0.381. The summed E-state index contributed by atoms with van der Waals surface area (Å²) < 4.78 is 45.4. The average Bonchev–Trinajstić information content (AvgIpc) is 2.59. The summed E-state index contributed by atoms with van der Waals surface area (Å²) in [6, 6.07) is 10.9. The van der Waals surface area contributed by atoms with Gasteiger partial charge in [-0.1, -0.05) is 29.8 Å². The van der Waals surface area contributed by atoms with Gasteiger partial charge in [0, 0.05) is 12.0 Å². The number of aryl methyl sites for hydroxylation is 1. The molecule has 3 rings (SSSR count). The van der Waals surface area contributed by atoms with E-state index in [1.807, 2.05) is 39.0 Å². The van der Waals surface area contributed by atoms with Gasteiger partial charge in [0.25, 0.3) is 0 Å². The van der Waals surface area contributed by atoms with Crippen molar-refractivity contribution in [1.29, 1.82) is 0 Å². The molecule has 0 fully saturated rings. The van der Waals surface area contributed by atoms with Crippen molar-refractivity contribution in [3.05, 3.63) is 59.4 Å². The highest BCUT2D eigenvalue weighted by molar-refractivity contribution is 7.92. The number of nitrogens with one attached hydrogen (secondary N) is 1. The lowest BCUT2D eigenvalue weighted by molar-refractivity contribution is -0.120. The fourth-order valence-electron chi connectivity index (χ4n) is 3.51.